The molecule has 8 nitrogen and oxygen atoms in total. The number of aromatic nitrogens is 4. The van der Waals surface area contributed by atoms with Gasteiger partial charge in [-0.15, -0.1) is 5.10 Å². The molecule has 2 aromatic rings. The fourth-order valence-electron chi connectivity index (χ4n) is 1.42. The summed E-state index contributed by atoms with van der Waals surface area (Å²) >= 11 is 0. The van der Waals surface area contributed by atoms with Crippen LogP contribution in [-0.4, -0.2) is 37.2 Å². The second-order valence-corrected chi connectivity index (χ2v) is 3.74. The Morgan fingerprint density at radius 2 is 1.95 bits per heavy atom. The van der Waals surface area contributed by atoms with Crippen molar-refractivity contribution < 1.29 is 14.7 Å². The van der Waals surface area contributed by atoms with Crippen molar-refractivity contribution in [3.63, 3.8) is 0 Å². The van der Waals surface area contributed by atoms with Crippen LogP contribution in [0.3, 0.4) is 0 Å². The minimum absolute atomic E-state index is 0.0515. The maximum Gasteiger partial charge on any atom is 0.303 e. The van der Waals surface area contributed by atoms with E-state index >= 15 is 0 Å². The van der Waals surface area contributed by atoms with E-state index in [0.29, 0.717) is 5.69 Å². The van der Waals surface area contributed by atoms with Crippen molar-refractivity contribution in [3.05, 3.63) is 30.6 Å². The number of tetrazole rings is 1. The predicted molar refractivity (Wildman–Crippen MR) is 64.7 cm³/mol. The lowest BCUT2D eigenvalue weighted by molar-refractivity contribution is -0.138. The van der Waals surface area contributed by atoms with Crippen molar-refractivity contribution >= 4 is 17.6 Å². The first-order valence-corrected chi connectivity index (χ1v) is 5.50. The van der Waals surface area contributed by atoms with Crippen molar-refractivity contribution in [1.82, 2.24) is 20.2 Å². The Balaban J connectivity index is 1.95. The predicted octanol–water partition coefficient (Wildman–Crippen LogP) is 0.466. The first-order valence-electron chi connectivity index (χ1n) is 5.50. The molecular weight excluding hydrogens is 250 g/mol. The molecular formula is C11H11N5O3. The summed E-state index contributed by atoms with van der Waals surface area (Å²) in [4.78, 5) is 21.7. The smallest absolute Gasteiger partial charge is 0.303 e. The SMILES string of the molecule is O=C(O)CCC(=O)Nc1ccc(-n2cnnn2)cc1. The fraction of sp³-hybridized carbons (Fsp3) is 0.182. The molecule has 1 aromatic heterocycles. The standard InChI is InChI=1S/C11H11N5O3/c17-10(5-6-11(18)19)13-8-1-3-9(4-2-8)16-7-12-14-15-16/h1-4,7H,5-6H2,(H,13,17)(H,18,19). The van der Waals surface area contributed by atoms with E-state index in [0.717, 1.165) is 5.69 Å². The molecule has 2 rings (SSSR count). The molecule has 0 unspecified atom stereocenters. The number of rotatable bonds is 5. The normalized spacial score (nSPS) is 10.1. The van der Waals surface area contributed by atoms with Gasteiger partial charge in [0, 0.05) is 12.1 Å². The van der Waals surface area contributed by atoms with Gasteiger partial charge in [-0.3, -0.25) is 9.59 Å². The number of benzene rings is 1. The van der Waals surface area contributed by atoms with Gasteiger partial charge < -0.3 is 10.4 Å². The van der Waals surface area contributed by atoms with Gasteiger partial charge in [0.25, 0.3) is 0 Å². The highest BCUT2D eigenvalue weighted by Gasteiger charge is 2.06. The maximum absolute atomic E-state index is 11.4. The van der Waals surface area contributed by atoms with Crippen LogP contribution >= 0.6 is 0 Å². The van der Waals surface area contributed by atoms with E-state index in [2.05, 4.69) is 20.8 Å². The van der Waals surface area contributed by atoms with Crippen LogP contribution in [0.25, 0.3) is 5.69 Å². The van der Waals surface area contributed by atoms with E-state index in [9.17, 15) is 9.59 Å². The molecule has 0 bridgehead atoms. The molecule has 0 saturated carbocycles. The minimum atomic E-state index is -0.996. The number of nitrogens with zero attached hydrogens (tertiary/aromatic N) is 4. The largest absolute Gasteiger partial charge is 0.481 e. The number of amides is 1. The van der Waals surface area contributed by atoms with Crippen LogP contribution in [0.1, 0.15) is 12.8 Å². The molecule has 0 aliphatic carbocycles. The first-order chi connectivity index (χ1) is 9.15. The summed E-state index contributed by atoms with van der Waals surface area (Å²) in [5.74, 6) is -1.33. The van der Waals surface area contributed by atoms with Crippen molar-refractivity contribution in [2.75, 3.05) is 5.32 Å². The number of carboxylic acids is 1. The van der Waals surface area contributed by atoms with Gasteiger partial charge in [-0.1, -0.05) is 0 Å². The number of carbonyl (C=O) groups is 2. The first kappa shape index (κ1) is 12.7. The van der Waals surface area contributed by atoms with E-state index in [4.69, 9.17) is 5.11 Å². The van der Waals surface area contributed by atoms with Gasteiger partial charge in [0.2, 0.25) is 5.91 Å². The van der Waals surface area contributed by atoms with Crippen LogP contribution < -0.4 is 5.32 Å². The summed E-state index contributed by atoms with van der Waals surface area (Å²) in [6.45, 7) is 0. The Hall–Kier alpha value is -2.77. The Morgan fingerprint density at radius 3 is 2.53 bits per heavy atom. The van der Waals surface area contributed by atoms with E-state index in [1.165, 1.54) is 11.0 Å². The molecule has 0 aliphatic rings. The highest BCUT2D eigenvalue weighted by Crippen LogP contribution is 2.12. The molecule has 0 atom stereocenters. The van der Waals surface area contributed by atoms with Crippen molar-refractivity contribution in [2.24, 2.45) is 0 Å². The summed E-state index contributed by atoms with van der Waals surface area (Å²) in [5.41, 5.74) is 1.35. The molecule has 1 aromatic carbocycles. The van der Waals surface area contributed by atoms with E-state index in [1.54, 1.807) is 24.3 Å². The molecule has 19 heavy (non-hydrogen) atoms. The topological polar surface area (TPSA) is 110 Å². The molecule has 0 saturated heterocycles. The van der Waals surface area contributed by atoms with Crippen LogP contribution in [0.2, 0.25) is 0 Å². The summed E-state index contributed by atoms with van der Waals surface area (Å²) < 4.78 is 1.48. The van der Waals surface area contributed by atoms with Gasteiger partial charge >= 0.3 is 5.97 Å². The molecule has 2 N–H and O–H groups in total. The lowest BCUT2D eigenvalue weighted by Gasteiger charge is -2.05. The molecule has 1 amide bonds. The maximum atomic E-state index is 11.4. The zero-order valence-electron chi connectivity index (χ0n) is 9.85. The monoisotopic (exact) mass is 261 g/mol. The summed E-state index contributed by atoms with van der Waals surface area (Å²) in [7, 11) is 0. The van der Waals surface area contributed by atoms with Gasteiger partial charge in [0.1, 0.15) is 6.33 Å². The van der Waals surface area contributed by atoms with Crippen molar-refractivity contribution in [3.8, 4) is 5.69 Å². The highest BCUT2D eigenvalue weighted by atomic mass is 16.4. The third-order valence-electron chi connectivity index (χ3n) is 2.33. The van der Waals surface area contributed by atoms with Crippen LogP contribution in [0, 0.1) is 0 Å². The van der Waals surface area contributed by atoms with Crippen LogP contribution in [0.15, 0.2) is 30.6 Å². The van der Waals surface area contributed by atoms with Gasteiger partial charge in [0.15, 0.2) is 0 Å². The second kappa shape index (κ2) is 5.71. The molecule has 0 aliphatic heterocycles. The van der Waals surface area contributed by atoms with Gasteiger partial charge in [-0.25, -0.2) is 4.68 Å². The molecule has 0 fully saturated rings. The molecule has 0 radical (unpaired) electrons. The van der Waals surface area contributed by atoms with E-state index in [-0.39, 0.29) is 18.7 Å². The Bertz CT molecular complexity index is 565. The lowest BCUT2D eigenvalue weighted by atomic mass is 10.2. The number of carboxylic acid groups (broad SMARTS) is 1. The Kier molecular flexibility index (Phi) is 3.81. The zero-order chi connectivity index (χ0) is 13.7. The minimum Gasteiger partial charge on any atom is -0.481 e. The van der Waals surface area contributed by atoms with Crippen LogP contribution in [0.4, 0.5) is 5.69 Å². The number of carbonyl (C=O) groups excluding carboxylic acids is 1. The molecule has 0 spiro atoms. The molecule has 98 valence electrons. The zero-order valence-corrected chi connectivity index (χ0v) is 9.85. The number of anilines is 1. The number of nitrogens with one attached hydrogen (secondary N) is 1. The number of hydrogen-bond donors (Lipinski definition) is 2. The second-order valence-electron chi connectivity index (χ2n) is 3.74. The van der Waals surface area contributed by atoms with Gasteiger partial charge in [0.05, 0.1) is 12.1 Å². The summed E-state index contributed by atoms with van der Waals surface area (Å²) in [6, 6.07) is 6.86. The molecule has 8 heteroatoms. The average molecular weight is 261 g/mol. The summed E-state index contributed by atoms with van der Waals surface area (Å²) in [6.07, 6.45) is 1.22. The highest BCUT2D eigenvalue weighted by molar-refractivity contribution is 5.92. The molecule has 1 heterocycles. The van der Waals surface area contributed by atoms with Gasteiger partial charge in [-0.05, 0) is 34.7 Å². The van der Waals surface area contributed by atoms with Gasteiger partial charge in [-0.2, -0.15) is 0 Å². The Morgan fingerprint density at radius 1 is 1.21 bits per heavy atom. The van der Waals surface area contributed by atoms with Crippen molar-refractivity contribution in [2.45, 2.75) is 12.8 Å². The van der Waals surface area contributed by atoms with E-state index in [1.807, 2.05) is 0 Å². The summed E-state index contributed by atoms with van der Waals surface area (Å²) in [5, 5.41) is 21.8. The third-order valence-corrected chi connectivity index (χ3v) is 2.33. The lowest BCUT2D eigenvalue weighted by Crippen LogP contribution is -2.13. The Labute approximate surface area is 108 Å². The van der Waals surface area contributed by atoms with Crippen LogP contribution in [0.5, 0.6) is 0 Å². The fourth-order valence-corrected chi connectivity index (χ4v) is 1.42. The van der Waals surface area contributed by atoms with Crippen LogP contribution in [-0.2, 0) is 9.59 Å². The average Bonchev–Trinajstić information content (AvgIpc) is 2.91. The van der Waals surface area contributed by atoms with Crippen molar-refractivity contribution in [1.29, 1.82) is 0 Å². The van der Waals surface area contributed by atoms with E-state index < -0.39 is 5.97 Å². The quantitative estimate of drug-likeness (QED) is 0.809. The number of hydrogen-bond acceptors (Lipinski definition) is 5. The number of aliphatic carboxylic acids is 1. The third kappa shape index (κ3) is 3.60.